The van der Waals surface area contributed by atoms with E-state index in [2.05, 4.69) is 40.2 Å². The van der Waals surface area contributed by atoms with Gasteiger partial charge in [-0.05, 0) is 40.5 Å². The summed E-state index contributed by atoms with van der Waals surface area (Å²) in [5.41, 5.74) is 0.991. The van der Waals surface area contributed by atoms with Gasteiger partial charge in [0.05, 0.1) is 6.10 Å². The lowest BCUT2D eigenvalue weighted by molar-refractivity contribution is 0.127. The third-order valence-corrected chi connectivity index (χ3v) is 3.29. The van der Waals surface area contributed by atoms with E-state index in [9.17, 15) is 5.11 Å². The monoisotopic (exact) mass is 278 g/mol. The molecule has 0 saturated heterocycles. The predicted octanol–water partition coefficient (Wildman–Crippen LogP) is 4.29. The number of aliphatic hydroxyl groups is 1. The summed E-state index contributed by atoms with van der Waals surface area (Å²) in [5, 5.41) is 12.4. The third-order valence-electron chi connectivity index (χ3n) is 2.80. The zero-order valence-electron chi connectivity index (χ0n) is 9.44. The van der Waals surface area contributed by atoms with Crippen molar-refractivity contribution in [2.24, 2.45) is 5.92 Å². The van der Waals surface area contributed by atoms with Gasteiger partial charge in [-0.1, -0.05) is 48.0 Å². The first-order valence-corrected chi connectivity index (χ1v) is 6.24. The molecule has 2 heteroatoms. The number of halogens is 1. The van der Waals surface area contributed by atoms with Crippen LogP contribution in [0.3, 0.4) is 0 Å². The molecule has 1 atom stereocenters. The van der Waals surface area contributed by atoms with E-state index < -0.39 is 0 Å². The molecule has 1 N–H and O–H groups in total. The zero-order valence-corrected chi connectivity index (χ0v) is 11.0. The lowest BCUT2D eigenvalue weighted by Gasteiger charge is -2.15. The van der Waals surface area contributed by atoms with Crippen LogP contribution in [-0.2, 0) is 0 Å². The Hall–Kier alpha value is -0.860. The van der Waals surface area contributed by atoms with E-state index in [0.29, 0.717) is 0 Å². The number of fused-ring (bicyclic) bond motifs is 1. The average molecular weight is 279 g/mol. The predicted molar refractivity (Wildman–Crippen MR) is 71.4 cm³/mol. The molecule has 0 fully saturated rings. The molecule has 0 spiro atoms. The third kappa shape index (κ3) is 2.28. The van der Waals surface area contributed by atoms with Crippen molar-refractivity contribution in [2.75, 3.05) is 0 Å². The molecule has 2 aromatic rings. The standard InChI is InChI=1S/C14H15BrO/c1-9(2)14(16)12-4-3-11-8-13(15)6-5-10(11)7-12/h3-9,14,16H,1-2H3. The molecule has 0 amide bonds. The van der Waals surface area contributed by atoms with E-state index in [1.54, 1.807) is 0 Å². The minimum Gasteiger partial charge on any atom is -0.388 e. The summed E-state index contributed by atoms with van der Waals surface area (Å²) in [6, 6.07) is 12.3. The minimum atomic E-state index is -0.381. The first-order valence-electron chi connectivity index (χ1n) is 5.45. The van der Waals surface area contributed by atoms with Crippen LogP contribution in [-0.4, -0.2) is 5.11 Å². The lowest BCUT2D eigenvalue weighted by atomic mass is 9.97. The normalized spacial score (nSPS) is 13.3. The Bertz CT molecular complexity index is 505. The summed E-state index contributed by atoms with van der Waals surface area (Å²) in [6.45, 7) is 4.05. The highest BCUT2D eigenvalue weighted by Gasteiger charge is 2.11. The first-order chi connectivity index (χ1) is 7.58. The molecule has 2 rings (SSSR count). The van der Waals surface area contributed by atoms with Gasteiger partial charge >= 0.3 is 0 Å². The zero-order chi connectivity index (χ0) is 11.7. The number of hydrogen-bond donors (Lipinski definition) is 1. The maximum Gasteiger partial charge on any atom is 0.0813 e. The minimum absolute atomic E-state index is 0.243. The molecule has 1 nitrogen and oxygen atoms in total. The molecular formula is C14H15BrO. The van der Waals surface area contributed by atoms with Crippen LogP contribution in [0.5, 0.6) is 0 Å². The fraction of sp³-hybridized carbons (Fsp3) is 0.286. The molecule has 0 aliphatic rings. The molecule has 2 aromatic carbocycles. The second-order valence-corrected chi connectivity index (χ2v) is 5.36. The van der Waals surface area contributed by atoms with Crippen LogP contribution in [0.1, 0.15) is 25.5 Å². The quantitative estimate of drug-likeness (QED) is 0.869. The summed E-state index contributed by atoms with van der Waals surface area (Å²) < 4.78 is 1.08. The highest BCUT2D eigenvalue weighted by molar-refractivity contribution is 9.10. The highest BCUT2D eigenvalue weighted by Crippen LogP contribution is 2.26. The van der Waals surface area contributed by atoms with Crippen molar-refractivity contribution in [1.82, 2.24) is 0 Å². The smallest absolute Gasteiger partial charge is 0.0813 e. The van der Waals surface area contributed by atoms with E-state index in [0.717, 1.165) is 10.0 Å². The van der Waals surface area contributed by atoms with Crippen molar-refractivity contribution in [2.45, 2.75) is 20.0 Å². The summed E-state index contributed by atoms with van der Waals surface area (Å²) in [5.74, 6) is 0.243. The van der Waals surface area contributed by atoms with Gasteiger partial charge in [0.2, 0.25) is 0 Å². The van der Waals surface area contributed by atoms with Gasteiger partial charge in [-0.15, -0.1) is 0 Å². The Morgan fingerprint density at radius 3 is 2.31 bits per heavy atom. The summed E-state index contributed by atoms with van der Waals surface area (Å²) in [4.78, 5) is 0. The van der Waals surface area contributed by atoms with Gasteiger partial charge in [0.1, 0.15) is 0 Å². The van der Waals surface area contributed by atoms with Crippen molar-refractivity contribution >= 4 is 26.7 Å². The van der Waals surface area contributed by atoms with E-state index in [-0.39, 0.29) is 12.0 Å². The summed E-state index contributed by atoms with van der Waals surface area (Å²) >= 11 is 3.45. The van der Waals surface area contributed by atoms with Crippen LogP contribution in [0.4, 0.5) is 0 Å². The average Bonchev–Trinajstić information content (AvgIpc) is 2.27. The molecular weight excluding hydrogens is 264 g/mol. The molecule has 84 valence electrons. The second kappa shape index (κ2) is 4.56. The molecule has 0 radical (unpaired) electrons. The molecule has 0 bridgehead atoms. The Kier molecular flexibility index (Phi) is 3.31. The Morgan fingerprint density at radius 2 is 1.62 bits per heavy atom. The van der Waals surface area contributed by atoms with Crippen LogP contribution < -0.4 is 0 Å². The molecule has 16 heavy (non-hydrogen) atoms. The van der Waals surface area contributed by atoms with E-state index in [1.165, 1.54) is 10.8 Å². The van der Waals surface area contributed by atoms with Crippen molar-refractivity contribution < 1.29 is 5.11 Å². The van der Waals surface area contributed by atoms with Crippen LogP contribution in [0.15, 0.2) is 40.9 Å². The first kappa shape index (κ1) is 11.6. The summed E-state index contributed by atoms with van der Waals surface area (Å²) in [7, 11) is 0. The fourth-order valence-corrected chi connectivity index (χ4v) is 2.18. The van der Waals surface area contributed by atoms with Gasteiger partial charge in [0.15, 0.2) is 0 Å². The van der Waals surface area contributed by atoms with E-state index >= 15 is 0 Å². The van der Waals surface area contributed by atoms with Crippen LogP contribution in [0.2, 0.25) is 0 Å². The molecule has 1 unspecified atom stereocenters. The van der Waals surface area contributed by atoms with Crippen molar-refractivity contribution in [1.29, 1.82) is 0 Å². The Labute approximate surface area is 104 Å². The van der Waals surface area contributed by atoms with Gasteiger partial charge in [-0.3, -0.25) is 0 Å². The van der Waals surface area contributed by atoms with Gasteiger partial charge in [0.25, 0.3) is 0 Å². The lowest BCUT2D eigenvalue weighted by Crippen LogP contribution is -2.04. The maximum absolute atomic E-state index is 10.0. The van der Waals surface area contributed by atoms with E-state index in [1.807, 2.05) is 26.0 Å². The van der Waals surface area contributed by atoms with Gasteiger partial charge in [-0.25, -0.2) is 0 Å². The molecule has 0 aliphatic carbocycles. The molecule has 0 saturated carbocycles. The summed E-state index contributed by atoms with van der Waals surface area (Å²) in [6.07, 6.45) is -0.381. The number of benzene rings is 2. The molecule has 0 heterocycles. The SMILES string of the molecule is CC(C)C(O)c1ccc2cc(Br)ccc2c1. The van der Waals surface area contributed by atoms with Gasteiger partial charge < -0.3 is 5.11 Å². The Balaban J connectivity index is 2.48. The fourth-order valence-electron chi connectivity index (χ4n) is 1.80. The van der Waals surface area contributed by atoms with Crippen molar-refractivity contribution in [3.63, 3.8) is 0 Å². The molecule has 0 aliphatic heterocycles. The largest absolute Gasteiger partial charge is 0.388 e. The van der Waals surface area contributed by atoms with Crippen LogP contribution >= 0.6 is 15.9 Å². The van der Waals surface area contributed by atoms with Crippen LogP contribution in [0, 0.1) is 5.92 Å². The van der Waals surface area contributed by atoms with E-state index in [4.69, 9.17) is 0 Å². The second-order valence-electron chi connectivity index (χ2n) is 4.44. The number of hydrogen-bond acceptors (Lipinski definition) is 1. The van der Waals surface area contributed by atoms with Gasteiger partial charge in [-0.2, -0.15) is 0 Å². The Morgan fingerprint density at radius 1 is 1.00 bits per heavy atom. The number of aliphatic hydroxyl groups excluding tert-OH is 1. The highest BCUT2D eigenvalue weighted by atomic mass is 79.9. The number of rotatable bonds is 2. The van der Waals surface area contributed by atoms with Crippen molar-refractivity contribution in [3.8, 4) is 0 Å². The molecule has 0 aromatic heterocycles. The maximum atomic E-state index is 10.0. The van der Waals surface area contributed by atoms with Crippen molar-refractivity contribution in [3.05, 3.63) is 46.4 Å². The van der Waals surface area contributed by atoms with Crippen LogP contribution in [0.25, 0.3) is 10.8 Å². The topological polar surface area (TPSA) is 20.2 Å². The van der Waals surface area contributed by atoms with Gasteiger partial charge in [0, 0.05) is 4.47 Å².